The molecule has 4 nitrogen and oxygen atoms in total. The van der Waals surface area contributed by atoms with E-state index < -0.39 is 0 Å². The predicted molar refractivity (Wildman–Crippen MR) is 97.2 cm³/mol. The third kappa shape index (κ3) is 3.35. The van der Waals surface area contributed by atoms with Crippen LogP contribution in [-0.2, 0) is 13.1 Å². The van der Waals surface area contributed by atoms with Gasteiger partial charge in [0.2, 0.25) is 0 Å². The molecule has 0 saturated heterocycles. The third-order valence-corrected chi connectivity index (χ3v) is 4.46. The number of fused-ring (bicyclic) bond motifs is 1. The van der Waals surface area contributed by atoms with Gasteiger partial charge in [0.15, 0.2) is 5.82 Å². The number of quaternary nitrogens is 1. The summed E-state index contributed by atoms with van der Waals surface area (Å²) in [6, 6.07) is 15.6. The molecule has 3 aromatic rings. The lowest BCUT2D eigenvalue weighted by molar-refractivity contribution is -0.709. The molecule has 0 aliphatic heterocycles. The number of halogens is 1. The van der Waals surface area contributed by atoms with Crippen LogP contribution in [0.4, 0.5) is 0 Å². The number of aromatic nitrogens is 2. The molecule has 0 aliphatic rings. The molecule has 1 heterocycles. The summed E-state index contributed by atoms with van der Waals surface area (Å²) < 4.78 is 1.75. The van der Waals surface area contributed by atoms with Crippen LogP contribution in [0.5, 0.6) is 0 Å². The van der Waals surface area contributed by atoms with E-state index in [4.69, 9.17) is 16.6 Å². The molecule has 0 amide bonds. The van der Waals surface area contributed by atoms with Crippen molar-refractivity contribution in [2.75, 3.05) is 0 Å². The van der Waals surface area contributed by atoms with Crippen molar-refractivity contribution >= 4 is 22.5 Å². The van der Waals surface area contributed by atoms with E-state index in [1.165, 1.54) is 5.56 Å². The van der Waals surface area contributed by atoms with Gasteiger partial charge in [0.25, 0.3) is 5.56 Å². The lowest BCUT2D eigenvalue weighted by Gasteiger charge is -2.16. The SMILES string of the molecule is CCn1c([C@H](C)[NH2+]Cc2ccccc2)nc2cc(Cl)ccc2c1=O. The van der Waals surface area contributed by atoms with Crippen LogP contribution in [0, 0.1) is 0 Å². The van der Waals surface area contributed by atoms with E-state index in [0.717, 1.165) is 12.4 Å². The molecule has 0 spiro atoms. The second-order valence-electron chi connectivity index (χ2n) is 5.89. The van der Waals surface area contributed by atoms with E-state index >= 15 is 0 Å². The van der Waals surface area contributed by atoms with Crippen molar-refractivity contribution in [2.24, 2.45) is 0 Å². The quantitative estimate of drug-likeness (QED) is 0.775. The van der Waals surface area contributed by atoms with E-state index in [0.29, 0.717) is 22.5 Å². The van der Waals surface area contributed by atoms with Gasteiger partial charge in [-0.15, -0.1) is 0 Å². The van der Waals surface area contributed by atoms with Crippen molar-refractivity contribution in [3.05, 3.63) is 75.3 Å². The highest BCUT2D eigenvalue weighted by molar-refractivity contribution is 6.31. The predicted octanol–water partition coefficient (Wildman–Crippen LogP) is 2.89. The van der Waals surface area contributed by atoms with Gasteiger partial charge in [-0.05, 0) is 32.0 Å². The highest BCUT2D eigenvalue weighted by Gasteiger charge is 2.18. The Morgan fingerprint density at radius 2 is 1.96 bits per heavy atom. The molecule has 0 unspecified atom stereocenters. The highest BCUT2D eigenvalue weighted by Crippen LogP contribution is 2.17. The number of rotatable bonds is 5. The first-order valence-electron chi connectivity index (χ1n) is 8.17. The molecular weight excluding hydrogens is 322 g/mol. The van der Waals surface area contributed by atoms with Gasteiger partial charge in [0.05, 0.1) is 10.9 Å². The lowest BCUT2D eigenvalue weighted by Crippen LogP contribution is -2.83. The largest absolute Gasteiger partial charge is 0.334 e. The smallest absolute Gasteiger partial charge is 0.261 e. The Balaban J connectivity index is 1.96. The first kappa shape index (κ1) is 16.7. The second kappa shape index (κ2) is 7.16. The Labute approximate surface area is 146 Å². The van der Waals surface area contributed by atoms with Gasteiger partial charge in [-0.25, -0.2) is 4.98 Å². The molecule has 2 aromatic carbocycles. The summed E-state index contributed by atoms with van der Waals surface area (Å²) in [4.78, 5) is 17.5. The first-order chi connectivity index (χ1) is 11.6. The van der Waals surface area contributed by atoms with Crippen molar-refractivity contribution in [3.63, 3.8) is 0 Å². The molecule has 0 bridgehead atoms. The maximum absolute atomic E-state index is 12.7. The summed E-state index contributed by atoms with van der Waals surface area (Å²) in [5, 5.41) is 3.40. The number of hydrogen-bond acceptors (Lipinski definition) is 2. The van der Waals surface area contributed by atoms with Crippen molar-refractivity contribution in [1.82, 2.24) is 9.55 Å². The Morgan fingerprint density at radius 3 is 2.67 bits per heavy atom. The van der Waals surface area contributed by atoms with Gasteiger partial charge >= 0.3 is 0 Å². The standard InChI is InChI=1S/C19H20ClN3O/c1-3-23-18(13(2)21-12-14-7-5-4-6-8-14)22-17-11-15(20)9-10-16(17)19(23)24/h4-11,13,21H,3,12H2,1-2H3/p+1/t13-/m0/s1. The molecular formula is C19H21ClN3O+. The molecule has 0 fully saturated rings. The van der Waals surface area contributed by atoms with Crippen LogP contribution in [-0.4, -0.2) is 9.55 Å². The molecule has 2 N–H and O–H groups in total. The molecule has 0 aliphatic carbocycles. The lowest BCUT2D eigenvalue weighted by atomic mass is 10.2. The summed E-state index contributed by atoms with van der Waals surface area (Å²) >= 11 is 6.06. The topological polar surface area (TPSA) is 51.5 Å². The van der Waals surface area contributed by atoms with Crippen LogP contribution >= 0.6 is 11.6 Å². The van der Waals surface area contributed by atoms with Gasteiger partial charge in [0.1, 0.15) is 12.6 Å². The normalized spacial score (nSPS) is 12.5. The Morgan fingerprint density at radius 1 is 1.21 bits per heavy atom. The summed E-state index contributed by atoms with van der Waals surface area (Å²) in [7, 11) is 0. The minimum absolute atomic E-state index is 0.00544. The van der Waals surface area contributed by atoms with E-state index in [2.05, 4.69) is 24.4 Å². The Bertz CT molecular complexity index is 906. The maximum atomic E-state index is 12.7. The zero-order valence-electron chi connectivity index (χ0n) is 13.9. The first-order valence-corrected chi connectivity index (χ1v) is 8.55. The average Bonchev–Trinajstić information content (AvgIpc) is 2.60. The fraction of sp³-hybridized carbons (Fsp3) is 0.263. The molecule has 1 aromatic heterocycles. The summed E-state index contributed by atoms with van der Waals surface area (Å²) in [6.07, 6.45) is 0. The van der Waals surface area contributed by atoms with Gasteiger partial charge < -0.3 is 5.32 Å². The Kier molecular flexibility index (Phi) is 4.97. The number of nitrogens with two attached hydrogens (primary N) is 1. The zero-order chi connectivity index (χ0) is 17.1. The van der Waals surface area contributed by atoms with Gasteiger partial charge in [-0.1, -0.05) is 41.9 Å². The number of nitrogens with zero attached hydrogens (tertiary/aromatic N) is 2. The summed E-state index contributed by atoms with van der Waals surface area (Å²) in [5.41, 5.74) is 1.90. The zero-order valence-corrected chi connectivity index (χ0v) is 14.6. The molecule has 5 heteroatoms. The van der Waals surface area contributed by atoms with Crippen LogP contribution in [0.1, 0.15) is 31.3 Å². The van der Waals surface area contributed by atoms with E-state index in [-0.39, 0.29) is 11.6 Å². The molecule has 0 radical (unpaired) electrons. The van der Waals surface area contributed by atoms with Gasteiger partial charge in [0, 0.05) is 17.1 Å². The van der Waals surface area contributed by atoms with Crippen LogP contribution in [0.25, 0.3) is 10.9 Å². The number of hydrogen-bond donors (Lipinski definition) is 1. The monoisotopic (exact) mass is 342 g/mol. The van der Waals surface area contributed by atoms with Gasteiger partial charge in [-0.2, -0.15) is 0 Å². The molecule has 0 saturated carbocycles. The minimum atomic E-state index is -0.00544. The van der Waals surface area contributed by atoms with Crippen LogP contribution in [0.3, 0.4) is 0 Å². The van der Waals surface area contributed by atoms with Crippen molar-refractivity contribution in [1.29, 1.82) is 0 Å². The van der Waals surface area contributed by atoms with Crippen LogP contribution < -0.4 is 10.9 Å². The fourth-order valence-electron chi connectivity index (χ4n) is 2.90. The molecule has 24 heavy (non-hydrogen) atoms. The van der Waals surface area contributed by atoms with Crippen LogP contribution in [0.15, 0.2) is 53.3 Å². The fourth-order valence-corrected chi connectivity index (χ4v) is 3.06. The highest BCUT2D eigenvalue weighted by atomic mass is 35.5. The minimum Gasteiger partial charge on any atom is -0.334 e. The summed E-state index contributed by atoms with van der Waals surface area (Å²) in [6.45, 7) is 5.49. The molecule has 3 rings (SSSR count). The van der Waals surface area contributed by atoms with E-state index in [9.17, 15) is 4.79 Å². The maximum Gasteiger partial charge on any atom is 0.261 e. The molecule has 124 valence electrons. The Hall–Kier alpha value is -2.17. The third-order valence-electron chi connectivity index (χ3n) is 4.22. The molecule has 1 atom stereocenters. The van der Waals surface area contributed by atoms with Crippen LogP contribution in [0.2, 0.25) is 5.02 Å². The number of benzene rings is 2. The van der Waals surface area contributed by atoms with Gasteiger partial charge in [-0.3, -0.25) is 9.36 Å². The van der Waals surface area contributed by atoms with E-state index in [1.54, 1.807) is 22.8 Å². The van der Waals surface area contributed by atoms with Crippen molar-refractivity contribution < 1.29 is 5.32 Å². The second-order valence-corrected chi connectivity index (χ2v) is 6.33. The van der Waals surface area contributed by atoms with Crippen molar-refractivity contribution in [3.8, 4) is 0 Å². The summed E-state index contributed by atoms with van der Waals surface area (Å²) in [5.74, 6) is 0.785. The average molecular weight is 343 g/mol. The van der Waals surface area contributed by atoms with Crippen molar-refractivity contribution in [2.45, 2.75) is 33.0 Å². The van der Waals surface area contributed by atoms with E-state index in [1.807, 2.05) is 25.1 Å².